The molecule has 6 heteroatoms. The molecule has 0 aliphatic rings. The van der Waals surface area contributed by atoms with Gasteiger partial charge in [-0.1, -0.05) is 104 Å². The first kappa shape index (κ1) is 28.7. The SMILES string of the molecule is CCCCNC(=O)[C@@H](Cc1ccccc1)N(Cc1ccc(Cl)c(Cl)c1)C(=O)CCc1ccc(CC)cc1. The maximum Gasteiger partial charge on any atom is 0.243 e. The first-order valence-corrected chi connectivity index (χ1v) is 13.8. The molecule has 0 aliphatic heterocycles. The van der Waals surface area contributed by atoms with Crippen LogP contribution in [0.5, 0.6) is 0 Å². The van der Waals surface area contributed by atoms with Crippen molar-refractivity contribution in [1.82, 2.24) is 10.2 Å². The number of nitrogens with zero attached hydrogens (tertiary/aromatic N) is 1. The maximum atomic E-state index is 13.7. The lowest BCUT2D eigenvalue weighted by Crippen LogP contribution is -2.50. The summed E-state index contributed by atoms with van der Waals surface area (Å²) in [6.07, 6.45) is 4.18. The molecule has 0 unspecified atom stereocenters. The third-order valence-electron chi connectivity index (χ3n) is 6.50. The summed E-state index contributed by atoms with van der Waals surface area (Å²) in [5, 5.41) is 3.93. The topological polar surface area (TPSA) is 49.4 Å². The second-order valence-electron chi connectivity index (χ2n) is 9.29. The van der Waals surface area contributed by atoms with Crippen molar-refractivity contribution in [2.24, 2.45) is 0 Å². The number of benzene rings is 3. The molecule has 196 valence electrons. The molecule has 0 aliphatic carbocycles. The van der Waals surface area contributed by atoms with E-state index in [9.17, 15) is 9.59 Å². The Morgan fingerprint density at radius 1 is 0.838 bits per heavy atom. The van der Waals surface area contributed by atoms with Crippen LogP contribution in [-0.4, -0.2) is 29.3 Å². The summed E-state index contributed by atoms with van der Waals surface area (Å²) in [4.78, 5) is 28.9. The van der Waals surface area contributed by atoms with E-state index in [4.69, 9.17) is 23.2 Å². The third-order valence-corrected chi connectivity index (χ3v) is 7.24. The van der Waals surface area contributed by atoms with Crippen molar-refractivity contribution in [1.29, 1.82) is 0 Å². The standard InChI is InChI=1S/C31H36Cl2N2O2/c1-3-5-19-34-31(37)29(21-25-9-7-6-8-10-25)35(22-26-15-17-27(32)28(33)20-26)30(36)18-16-24-13-11-23(4-2)12-14-24/h6-15,17,20,29H,3-5,16,18-19,21-22H2,1-2H3,(H,34,37)/t29-/m1/s1. The molecule has 0 saturated heterocycles. The Labute approximate surface area is 231 Å². The average Bonchev–Trinajstić information content (AvgIpc) is 2.92. The van der Waals surface area contributed by atoms with Crippen molar-refractivity contribution < 1.29 is 9.59 Å². The van der Waals surface area contributed by atoms with Crippen molar-refractivity contribution in [3.63, 3.8) is 0 Å². The van der Waals surface area contributed by atoms with Gasteiger partial charge in [-0.25, -0.2) is 0 Å². The Balaban J connectivity index is 1.88. The van der Waals surface area contributed by atoms with Crippen molar-refractivity contribution in [3.05, 3.63) is 105 Å². The molecule has 2 amide bonds. The van der Waals surface area contributed by atoms with Gasteiger partial charge in [0.1, 0.15) is 6.04 Å². The largest absolute Gasteiger partial charge is 0.354 e. The lowest BCUT2D eigenvalue weighted by atomic mass is 10.0. The number of aryl methyl sites for hydroxylation is 2. The van der Waals surface area contributed by atoms with Crippen molar-refractivity contribution in [2.75, 3.05) is 6.54 Å². The summed E-state index contributed by atoms with van der Waals surface area (Å²) in [7, 11) is 0. The van der Waals surface area contributed by atoms with Gasteiger partial charge in [0, 0.05) is 25.9 Å². The third kappa shape index (κ3) is 8.91. The second kappa shape index (κ2) is 14.8. The summed E-state index contributed by atoms with van der Waals surface area (Å²) in [5.74, 6) is -0.213. The Bertz CT molecular complexity index is 1150. The van der Waals surface area contributed by atoms with E-state index in [1.54, 1.807) is 17.0 Å². The number of nitrogens with one attached hydrogen (secondary N) is 1. The van der Waals surface area contributed by atoms with E-state index in [-0.39, 0.29) is 18.4 Å². The Kier molecular flexibility index (Phi) is 11.5. The highest BCUT2D eigenvalue weighted by Crippen LogP contribution is 2.25. The fourth-order valence-electron chi connectivity index (χ4n) is 4.23. The van der Waals surface area contributed by atoms with E-state index in [1.165, 1.54) is 5.56 Å². The molecule has 3 aromatic rings. The zero-order valence-corrected chi connectivity index (χ0v) is 23.2. The van der Waals surface area contributed by atoms with Crippen molar-refractivity contribution in [2.45, 2.75) is 65.0 Å². The minimum atomic E-state index is -0.649. The molecular formula is C31H36Cl2N2O2. The number of carbonyl (C=O) groups excluding carboxylic acids is 2. The number of hydrogen-bond donors (Lipinski definition) is 1. The van der Waals surface area contributed by atoms with Gasteiger partial charge in [-0.15, -0.1) is 0 Å². The van der Waals surface area contributed by atoms with E-state index in [0.717, 1.165) is 36.0 Å². The Hall–Kier alpha value is -2.82. The fraction of sp³-hybridized carbons (Fsp3) is 0.355. The van der Waals surface area contributed by atoms with E-state index in [1.807, 2.05) is 36.4 Å². The summed E-state index contributed by atoms with van der Waals surface area (Å²) in [5.41, 5.74) is 4.20. The van der Waals surface area contributed by atoms with Gasteiger partial charge in [-0.05, 0) is 53.6 Å². The number of hydrogen-bond acceptors (Lipinski definition) is 2. The average molecular weight is 540 g/mol. The van der Waals surface area contributed by atoms with Crippen LogP contribution in [0.1, 0.15) is 55.4 Å². The van der Waals surface area contributed by atoms with Crippen LogP contribution in [0.4, 0.5) is 0 Å². The first-order chi connectivity index (χ1) is 17.9. The Morgan fingerprint density at radius 2 is 1.51 bits per heavy atom. The van der Waals surface area contributed by atoms with Crippen LogP contribution >= 0.6 is 23.2 Å². The number of halogens is 2. The lowest BCUT2D eigenvalue weighted by Gasteiger charge is -2.32. The zero-order valence-electron chi connectivity index (χ0n) is 21.7. The highest BCUT2D eigenvalue weighted by Gasteiger charge is 2.30. The molecule has 37 heavy (non-hydrogen) atoms. The molecule has 0 fully saturated rings. The van der Waals surface area contributed by atoms with Crippen molar-refractivity contribution >= 4 is 35.0 Å². The summed E-state index contributed by atoms with van der Waals surface area (Å²) in [6.45, 7) is 5.06. The van der Waals surface area contributed by atoms with Gasteiger partial charge in [-0.2, -0.15) is 0 Å². The number of amides is 2. The van der Waals surface area contributed by atoms with Gasteiger partial charge in [-0.3, -0.25) is 9.59 Å². The van der Waals surface area contributed by atoms with E-state index in [2.05, 4.69) is 43.4 Å². The first-order valence-electron chi connectivity index (χ1n) is 13.0. The van der Waals surface area contributed by atoms with E-state index in [0.29, 0.717) is 35.9 Å². The normalized spacial score (nSPS) is 11.7. The molecule has 1 N–H and O–H groups in total. The van der Waals surface area contributed by atoms with Gasteiger partial charge >= 0.3 is 0 Å². The molecule has 0 radical (unpaired) electrons. The molecule has 0 saturated carbocycles. The van der Waals surface area contributed by atoms with Crippen LogP contribution in [0, 0.1) is 0 Å². The highest BCUT2D eigenvalue weighted by molar-refractivity contribution is 6.42. The minimum Gasteiger partial charge on any atom is -0.354 e. The van der Waals surface area contributed by atoms with Gasteiger partial charge in [0.15, 0.2) is 0 Å². The van der Waals surface area contributed by atoms with Crippen LogP contribution in [-0.2, 0) is 35.4 Å². The molecule has 0 heterocycles. The van der Waals surface area contributed by atoms with Gasteiger partial charge in [0.25, 0.3) is 0 Å². The lowest BCUT2D eigenvalue weighted by molar-refractivity contribution is -0.141. The summed E-state index contributed by atoms with van der Waals surface area (Å²) < 4.78 is 0. The molecule has 0 spiro atoms. The fourth-order valence-corrected chi connectivity index (χ4v) is 4.55. The van der Waals surface area contributed by atoms with Gasteiger partial charge < -0.3 is 10.2 Å². The van der Waals surface area contributed by atoms with E-state index >= 15 is 0 Å². The van der Waals surface area contributed by atoms with Gasteiger partial charge in [0.05, 0.1) is 10.0 Å². The quantitative estimate of drug-likeness (QED) is 0.237. The molecule has 1 atom stereocenters. The van der Waals surface area contributed by atoms with Gasteiger partial charge in [0.2, 0.25) is 11.8 Å². The van der Waals surface area contributed by atoms with Crippen LogP contribution in [0.15, 0.2) is 72.8 Å². The number of carbonyl (C=O) groups is 2. The molecule has 4 nitrogen and oxygen atoms in total. The number of rotatable bonds is 13. The molecule has 0 aromatic heterocycles. The minimum absolute atomic E-state index is 0.0720. The van der Waals surface area contributed by atoms with E-state index < -0.39 is 6.04 Å². The Morgan fingerprint density at radius 3 is 2.16 bits per heavy atom. The molecule has 0 bridgehead atoms. The number of unbranched alkanes of at least 4 members (excludes halogenated alkanes) is 1. The zero-order chi connectivity index (χ0) is 26.6. The van der Waals surface area contributed by atoms with Crippen LogP contribution < -0.4 is 5.32 Å². The molecular weight excluding hydrogens is 503 g/mol. The summed E-state index contributed by atoms with van der Waals surface area (Å²) >= 11 is 12.4. The van der Waals surface area contributed by atoms with Crippen LogP contribution in [0.3, 0.4) is 0 Å². The highest BCUT2D eigenvalue weighted by atomic mass is 35.5. The smallest absolute Gasteiger partial charge is 0.243 e. The predicted octanol–water partition coefficient (Wildman–Crippen LogP) is 7.04. The van der Waals surface area contributed by atoms with Crippen molar-refractivity contribution in [3.8, 4) is 0 Å². The monoisotopic (exact) mass is 538 g/mol. The molecule has 3 aromatic carbocycles. The maximum absolute atomic E-state index is 13.7. The predicted molar refractivity (Wildman–Crippen MR) is 153 cm³/mol. The summed E-state index contributed by atoms with van der Waals surface area (Å²) in [6, 6.07) is 22.9. The molecule has 3 rings (SSSR count). The van der Waals surface area contributed by atoms with Crippen LogP contribution in [0.2, 0.25) is 10.0 Å². The second-order valence-corrected chi connectivity index (χ2v) is 10.1. The van der Waals surface area contributed by atoms with Crippen LogP contribution in [0.25, 0.3) is 0 Å².